The van der Waals surface area contributed by atoms with Gasteiger partial charge in [-0.3, -0.25) is 4.90 Å². The molecule has 2 bridgehead atoms. The van der Waals surface area contributed by atoms with Crippen molar-refractivity contribution in [2.75, 3.05) is 11.9 Å². The van der Waals surface area contributed by atoms with Gasteiger partial charge in [0.25, 0.3) is 0 Å². The minimum atomic E-state index is 0.516. The molecule has 0 saturated carbocycles. The predicted molar refractivity (Wildman–Crippen MR) is 107 cm³/mol. The maximum atomic E-state index is 5.60. The molecule has 0 aliphatic carbocycles. The van der Waals surface area contributed by atoms with Crippen LogP contribution in [0.3, 0.4) is 0 Å². The molecule has 0 unspecified atom stereocenters. The van der Waals surface area contributed by atoms with Crippen LogP contribution in [0.15, 0.2) is 24.3 Å². The van der Waals surface area contributed by atoms with Crippen LogP contribution in [0.4, 0.5) is 5.69 Å². The van der Waals surface area contributed by atoms with E-state index in [1.807, 2.05) is 0 Å². The summed E-state index contributed by atoms with van der Waals surface area (Å²) in [4.78, 5) is 2.77. The molecule has 2 aliphatic heterocycles. The second-order valence-electron chi connectivity index (χ2n) is 7.25. The lowest BCUT2D eigenvalue weighted by molar-refractivity contribution is 0.0284. The first-order chi connectivity index (χ1) is 11.7. The first kappa shape index (κ1) is 17.7. The fourth-order valence-electron chi connectivity index (χ4n) is 4.51. The summed E-state index contributed by atoms with van der Waals surface area (Å²) in [6, 6.07) is 10.5. The number of thiocarbonyl (C=S) groups is 1. The molecule has 0 amide bonds. The Hall–Kier alpha value is -1.13. The molecule has 2 aliphatic rings. The lowest BCUT2D eigenvalue weighted by Gasteiger charge is -2.49. The van der Waals surface area contributed by atoms with Gasteiger partial charge in [-0.2, -0.15) is 0 Å². The largest absolute Gasteiger partial charge is 0.360 e. The van der Waals surface area contributed by atoms with Crippen molar-refractivity contribution in [3.8, 4) is 0 Å². The zero-order valence-corrected chi connectivity index (χ0v) is 15.9. The third-order valence-electron chi connectivity index (χ3n) is 5.59. The molecular weight excluding hydrogens is 314 g/mol. The quantitative estimate of drug-likeness (QED) is 0.777. The molecule has 2 heterocycles. The molecule has 4 heteroatoms. The van der Waals surface area contributed by atoms with E-state index < -0.39 is 0 Å². The van der Waals surface area contributed by atoms with Gasteiger partial charge in [-0.15, -0.1) is 0 Å². The van der Waals surface area contributed by atoms with Crippen molar-refractivity contribution >= 4 is 23.0 Å². The molecule has 132 valence electrons. The van der Waals surface area contributed by atoms with Gasteiger partial charge in [0.15, 0.2) is 5.11 Å². The smallest absolute Gasteiger partial charge is 0.171 e. The van der Waals surface area contributed by atoms with Gasteiger partial charge in [-0.05, 0) is 68.9 Å². The topological polar surface area (TPSA) is 27.3 Å². The second-order valence-corrected chi connectivity index (χ2v) is 7.66. The normalized spacial score (nSPS) is 26.8. The molecule has 2 fully saturated rings. The number of nitrogens with zero attached hydrogens (tertiary/aromatic N) is 1. The minimum absolute atomic E-state index is 0.516. The van der Waals surface area contributed by atoms with Crippen LogP contribution < -0.4 is 10.6 Å². The summed E-state index contributed by atoms with van der Waals surface area (Å²) in [6.07, 6.45) is 8.85. The lowest BCUT2D eigenvalue weighted by atomic mass is 9.81. The van der Waals surface area contributed by atoms with Gasteiger partial charge in [0.1, 0.15) is 0 Å². The Labute approximate surface area is 152 Å². The molecular formula is C20H31N3S. The Morgan fingerprint density at radius 1 is 1.17 bits per heavy atom. The first-order valence-electron chi connectivity index (χ1n) is 9.62. The van der Waals surface area contributed by atoms with Crippen LogP contribution in [0.25, 0.3) is 0 Å². The van der Waals surface area contributed by atoms with Crippen LogP contribution in [-0.2, 0) is 6.42 Å². The summed E-state index contributed by atoms with van der Waals surface area (Å²) in [5.41, 5.74) is 2.46. The summed E-state index contributed by atoms with van der Waals surface area (Å²) in [5.74, 6) is 0. The molecule has 3 rings (SSSR count). The second kappa shape index (κ2) is 8.30. The Kier molecular flexibility index (Phi) is 6.12. The third kappa shape index (κ3) is 4.09. The number of piperidine rings is 2. The highest BCUT2D eigenvalue weighted by Gasteiger charge is 2.37. The van der Waals surface area contributed by atoms with Crippen molar-refractivity contribution in [3.05, 3.63) is 29.8 Å². The Morgan fingerprint density at radius 2 is 1.88 bits per heavy atom. The van der Waals surface area contributed by atoms with E-state index in [0.717, 1.165) is 29.3 Å². The van der Waals surface area contributed by atoms with Crippen molar-refractivity contribution in [3.63, 3.8) is 0 Å². The maximum absolute atomic E-state index is 5.60. The summed E-state index contributed by atoms with van der Waals surface area (Å²) < 4.78 is 0. The van der Waals surface area contributed by atoms with Gasteiger partial charge in [0, 0.05) is 23.8 Å². The highest BCUT2D eigenvalue weighted by Crippen LogP contribution is 2.34. The van der Waals surface area contributed by atoms with Crippen molar-refractivity contribution in [1.29, 1.82) is 0 Å². The van der Waals surface area contributed by atoms with Crippen LogP contribution in [-0.4, -0.2) is 34.7 Å². The molecule has 0 radical (unpaired) electrons. The van der Waals surface area contributed by atoms with Gasteiger partial charge >= 0.3 is 0 Å². The molecule has 0 spiro atoms. The monoisotopic (exact) mass is 345 g/mol. The van der Waals surface area contributed by atoms with Gasteiger partial charge in [-0.1, -0.05) is 38.5 Å². The molecule has 2 atom stereocenters. The average molecular weight is 346 g/mol. The van der Waals surface area contributed by atoms with E-state index in [0.29, 0.717) is 6.04 Å². The number of hydrogen-bond acceptors (Lipinski definition) is 2. The standard InChI is InChI=1S/C20H31N3S/c1-3-12-23-17-9-7-10-18(23)14-16(13-17)21-20(24)22-19-11-6-5-8-15(19)4-2/h5-6,8,11,16-18H,3-4,7,9-10,12-14H2,1-2H3,(H2,21,22,24)/t17-,18-/m0/s1. The number of fused-ring (bicyclic) bond motifs is 2. The predicted octanol–water partition coefficient (Wildman–Crippen LogP) is 4.33. The Bertz CT molecular complexity index is 546. The summed E-state index contributed by atoms with van der Waals surface area (Å²) >= 11 is 5.60. The van der Waals surface area contributed by atoms with Crippen molar-refractivity contribution in [2.24, 2.45) is 0 Å². The number of aryl methyl sites for hydroxylation is 1. The summed E-state index contributed by atoms with van der Waals surface area (Å²) in [6.45, 7) is 5.74. The SMILES string of the molecule is CCCN1[C@H]2CCC[C@H]1CC(NC(=S)Nc1ccccc1CC)C2. The molecule has 2 saturated heterocycles. The molecule has 2 N–H and O–H groups in total. The van der Waals surface area contributed by atoms with E-state index in [-0.39, 0.29) is 0 Å². The van der Waals surface area contributed by atoms with E-state index in [9.17, 15) is 0 Å². The number of para-hydroxylation sites is 1. The Balaban J connectivity index is 1.57. The van der Waals surface area contributed by atoms with E-state index in [4.69, 9.17) is 12.2 Å². The molecule has 3 nitrogen and oxygen atoms in total. The van der Waals surface area contributed by atoms with Crippen LogP contribution >= 0.6 is 12.2 Å². The summed E-state index contributed by atoms with van der Waals surface area (Å²) in [7, 11) is 0. The highest BCUT2D eigenvalue weighted by atomic mass is 32.1. The van der Waals surface area contributed by atoms with E-state index in [1.54, 1.807) is 0 Å². The fraction of sp³-hybridized carbons (Fsp3) is 0.650. The van der Waals surface area contributed by atoms with Gasteiger partial charge in [0.05, 0.1) is 0 Å². The fourth-order valence-corrected chi connectivity index (χ4v) is 4.79. The van der Waals surface area contributed by atoms with E-state index >= 15 is 0 Å². The zero-order valence-electron chi connectivity index (χ0n) is 15.1. The third-order valence-corrected chi connectivity index (χ3v) is 5.81. The number of rotatable bonds is 5. The molecule has 0 aromatic heterocycles. The van der Waals surface area contributed by atoms with Crippen LogP contribution in [0.5, 0.6) is 0 Å². The Morgan fingerprint density at radius 3 is 2.54 bits per heavy atom. The number of benzene rings is 1. The maximum Gasteiger partial charge on any atom is 0.171 e. The van der Waals surface area contributed by atoms with E-state index in [2.05, 4.69) is 53.6 Å². The lowest BCUT2D eigenvalue weighted by Crippen LogP contribution is -2.57. The van der Waals surface area contributed by atoms with Crippen LogP contribution in [0.1, 0.15) is 57.9 Å². The number of hydrogen-bond donors (Lipinski definition) is 2. The number of nitrogens with one attached hydrogen (secondary N) is 2. The zero-order chi connectivity index (χ0) is 16.9. The van der Waals surface area contributed by atoms with Crippen molar-refractivity contribution in [1.82, 2.24) is 10.2 Å². The van der Waals surface area contributed by atoms with Gasteiger partial charge in [0.2, 0.25) is 0 Å². The van der Waals surface area contributed by atoms with Crippen molar-refractivity contribution in [2.45, 2.75) is 76.9 Å². The van der Waals surface area contributed by atoms with E-state index in [1.165, 1.54) is 50.6 Å². The molecule has 24 heavy (non-hydrogen) atoms. The molecule has 1 aromatic carbocycles. The van der Waals surface area contributed by atoms with Crippen LogP contribution in [0, 0.1) is 0 Å². The van der Waals surface area contributed by atoms with Gasteiger partial charge in [-0.25, -0.2) is 0 Å². The van der Waals surface area contributed by atoms with Gasteiger partial charge < -0.3 is 10.6 Å². The first-order valence-corrected chi connectivity index (χ1v) is 10.0. The average Bonchev–Trinajstić information content (AvgIpc) is 2.56. The molecule has 1 aromatic rings. The highest BCUT2D eigenvalue weighted by molar-refractivity contribution is 7.80. The minimum Gasteiger partial charge on any atom is -0.360 e. The van der Waals surface area contributed by atoms with Crippen LogP contribution in [0.2, 0.25) is 0 Å². The van der Waals surface area contributed by atoms with Crippen molar-refractivity contribution < 1.29 is 0 Å². The number of anilines is 1. The summed E-state index contributed by atoms with van der Waals surface area (Å²) in [5, 5.41) is 7.80.